The summed E-state index contributed by atoms with van der Waals surface area (Å²) >= 11 is 0. The molecule has 3 aliphatic rings. The van der Waals surface area contributed by atoms with Gasteiger partial charge in [0.05, 0.1) is 22.2 Å². The number of ether oxygens (including phenoxy) is 4. The summed E-state index contributed by atoms with van der Waals surface area (Å²) in [6.07, 6.45) is 1.31. The fourth-order valence-corrected chi connectivity index (χ4v) is 7.45. The number of carbonyl (C=O) groups is 3. The SMILES string of the molecule is CC(=O)OC1C2C[C@H](OC(=O)c3ccccc3)[C@]3(C)[C@@H](OC(=O)/C=C/c4ccccc4)CC[C@](C)(O)C13OC2(C)C. The van der Waals surface area contributed by atoms with E-state index in [2.05, 4.69) is 0 Å². The standard InChI is InChI=1S/C33H38O8/c1-21(34)38-28-24-20-26(40-29(36)23-14-10-7-11-15-23)32(5)25(39-27(35)17-16-22-12-8-6-9-13-22)18-19-31(4,37)33(28,32)41-30(24,2)3/h6-17,24-26,28,37H,18-20H2,1-5H3/b17-16+/t24?,25-,26-,28?,31-,32-,33?/m0/s1. The Balaban J connectivity index is 1.58. The van der Waals surface area contributed by atoms with Gasteiger partial charge in [0, 0.05) is 18.9 Å². The summed E-state index contributed by atoms with van der Waals surface area (Å²) in [5, 5.41) is 12.1. The summed E-state index contributed by atoms with van der Waals surface area (Å²) in [5.74, 6) is -2.02. The van der Waals surface area contributed by atoms with Crippen LogP contribution in [0.3, 0.4) is 0 Å². The molecular formula is C33H38O8. The zero-order chi connectivity index (χ0) is 29.6. The number of benzene rings is 2. The Hall–Kier alpha value is -3.49. The van der Waals surface area contributed by atoms with Crippen molar-refractivity contribution in [1.82, 2.24) is 0 Å². The van der Waals surface area contributed by atoms with Crippen LogP contribution in [-0.2, 0) is 28.5 Å². The number of aliphatic hydroxyl groups is 1. The van der Waals surface area contributed by atoms with Crippen molar-refractivity contribution in [3.8, 4) is 0 Å². The molecule has 3 unspecified atom stereocenters. The van der Waals surface area contributed by atoms with E-state index in [1.165, 1.54) is 13.0 Å². The molecule has 3 fully saturated rings. The second-order valence-corrected chi connectivity index (χ2v) is 12.3. The molecule has 2 aromatic rings. The minimum absolute atomic E-state index is 0.211. The third-order valence-electron chi connectivity index (χ3n) is 9.40. The van der Waals surface area contributed by atoms with Gasteiger partial charge in [0.2, 0.25) is 0 Å². The van der Waals surface area contributed by atoms with Gasteiger partial charge in [-0.3, -0.25) is 4.79 Å². The van der Waals surface area contributed by atoms with Gasteiger partial charge < -0.3 is 24.1 Å². The number of esters is 3. The van der Waals surface area contributed by atoms with Gasteiger partial charge in [-0.2, -0.15) is 0 Å². The average molecular weight is 563 g/mol. The fourth-order valence-electron chi connectivity index (χ4n) is 7.45. The van der Waals surface area contributed by atoms with E-state index in [9.17, 15) is 19.5 Å². The minimum atomic E-state index is -1.54. The summed E-state index contributed by atoms with van der Waals surface area (Å²) in [7, 11) is 0. The topological polar surface area (TPSA) is 108 Å². The van der Waals surface area contributed by atoms with Gasteiger partial charge in [-0.05, 0) is 70.7 Å². The molecule has 2 saturated carbocycles. The van der Waals surface area contributed by atoms with Crippen molar-refractivity contribution in [2.75, 3.05) is 0 Å². The first kappa shape index (κ1) is 29.0. The van der Waals surface area contributed by atoms with Gasteiger partial charge in [-0.25, -0.2) is 9.59 Å². The zero-order valence-corrected chi connectivity index (χ0v) is 24.2. The van der Waals surface area contributed by atoms with Crippen molar-refractivity contribution >= 4 is 24.0 Å². The molecule has 1 N–H and O–H groups in total. The number of fused-ring (bicyclic) bond motifs is 1. The third kappa shape index (κ3) is 4.77. The number of hydrogen-bond donors (Lipinski definition) is 1. The summed E-state index contributed by atoms with van der Waals surface area (Å²) in [4.78, 5) is 39.0. The molecule has 1 saturated heterocycles. The lowest BCUT2D eigenvalue weighted by molar-refractivity contribution is -0.327. The van der Waals surface area contributed by atoms with Crippen LogP contribution in [0.15, 0.2) is 66.7 Å². The van der Waals surface area contributed by atoms with Gasteiger partial charge >= 0.3 is 17.9 Å². The van der Waals surface area contributed by atoms with Crippen LogP contribution in [0.2, 0.25) is 0 Å². The lowest BCUT2D eigenvalue weighted by Gasteiger charge is -2.64. The van der Waals surface area contributed by atoms with E-state index in [1.807, 2.05) is 57.2 Å². The van der Waals surface area contributed by atoms with E-state index in [1.54, 1.807) is 37.3 Å². The lowest BCUT2D eigenvalue weighted by atomic mass is 9.47. The molecule has 0 aromatic heterocycles. The molecule has 1 heterocycles. The highest BCUT2D eigenvalue weighted by atomic mass is 16.6. The highest BCUT2D eigenvalue weighted by Crippen LogP contribution is 2.68. The predicted octanol–water partition coefficient (Wildman–Crippen LogP) is 4.89. The summed E-state index contributed by atoms with van der Waals surface area (Å²) in [5.41, 5.74) is -3.95. The average Bonchev–Trinajstić information content (AvgIpc) is 3.11. The van der Waals surface area contributed by atoms with Crippen LogP contribution in [0.4, 0.5) is 0 Å². The molecular weight excluding hydrogens is 524 g/mol. The second-order valence-electron chi connectivity index (χ2n) is 12.3. The maximum atomic E-state index is 13.4. The highest BCUT2D eigenvalue weighted by molar-refractivity contribution is 5.89. The maximum Gasteiger partial charge on any atom is 0.338 e. The van der Waals surface area contributed by atoms with Crippen LogP contribution in [0.5, 0.6) is 0 Å². The molecule has 8 nitrogen and oxygen atoms in total. The van der Waals surface area contributed by atoms with Crippen LogP contribution in [0.25, 0.3) is 6.08 Å². The van der Waals surface area contributed by atoms with E-state index in [0.717, 1.165) is 5.56 Å². The first-order valence-corrected chi connectivity index (χ1v) is 14.1. The fraction of sp³-hybridized carbons (Fsp3) is 0.485. The van der Waals surface area contributed by atoms with Gasteiger partial charge in [0.15, 0.2) is 0 Å². The van der Waals surface area contributed by atoms with Crippen LogP contribution in [0, 0.1) is 11.3 Å². The summed E-state index contributed by atoms with van der Waals surface area (Å²) < 4.78 is 25.1. The van der Waals surface area contributed by atoms with Gasteiger partial charge in [-0.15, -0.1) is 0 Å². The number of rotatable bonds is 6. The molecule has 0 amide bonds. The molecule has 2 aromatic carbocycles. The third-order valence-corrected chi connectivity index (χ3v) is 9.40. The Labute approximate surface area is 240 Å². The van der Waals surface area contributed by atoms with Crippen LogP contribution >= 0.6 is 0 Å². The van der Waals surface area contributed by atoms with E-state index >= 15 is 0 Å². The van der Waals surface area contributed by atoms with E-state index in [-0.39, 0.29) is 19.3 Å². The Morgan fingerprint density at radius 2 is 1.54 bits per heavy atom. The van der Waals surface area contributed by atoms with Crippen LogP contribution < -0.4 is 0 Å². The summed E-state index contributed by atoms with van der Waals surface area (Å²) in [6, 6.07) is 18.0. The van der Waals surface area contributed by atoms with Gasteiger partial charge in [0.1, 0.15) is 23.9 Å². The van der Waals surface area contributed by atoms with Crippen molar-refractivity contribution in [2.45, 2.75) is 89.0 Å². The first-order chi connectivity index (χ1) is 19.3. The molecule has 41 heavy (non-hydrogen) atoms. The molecule has 1 spiro atoms. The van der Waals surface area contributed by atoms with Crippen molar-refractivity contribution in [1.29, 1.82) is 0 Å². The van der Waals surface area contributed by atoms with Gasteiger partial charge in [0.25, 0.3) is 0 Å². The van der Waals surface area contributed by atoms with Crippen molar-refractivity contribution in [2.24, 2.45) is 11.3 Å². The first-order valence-electron chi connectivity index (χ1n) is 14.1. The molecule has 1 aliphatic heterocycles. The Morgan fingerprint density at radius 3 is 2.17 bits per heavy atom. The van der Waals surface area contributed by atoms with E-state index in [0.29, 0.717) is 5.56 Å². The van der Waals surface area contributed by atoms with Crippen molar-refractivity contribution in [3.05, 3.63) is 77.9 Å². The monoisotopic (exact) mass is 562 g/mol. The lowest BCUT2D eigenvalue weighted by Crippen LogP contribution is -2.79. The largest absolute Gasteiger partial charge is 0.459 e. The molecule has 8 heteroatoms. The molecule has 2 bridgehead atoms. The zero-order valence-electron chi connectivity index (χ0n) is 24.2. The van der Waals surface area contributed by atoms with Gasteiger partial charge in [-0.1, -0.05) is 48.5 Å². The number of hydrogen-bond acceptors (Lipinski definition) is 8. The Kier molecular flexibility index (Phi) is 7.37. The van der Waals surface area contributed by atoms with E-state index in [4.69, 9.17) is 18.9 Å². The molecule has 2 aliphatic carbocycles. The van der Waals surface area contributed by atoms with Crippen LogP contribution in [-0.4, -0.2) is 58.1 Å². The minimum Gasteiger partial charge on any atom is -0.459 e. The smallest absolute Gasteiger partial charge is 0.338 e. The summed E-state index contributed by atoms with van der Waals surface area (Å²) in [6.45, 7) is 8.58. The van der Waals surface area contributed by atoms with Crippen molar-refractivity contribution in [3.63, 3.8) is 0 Å². The Morgan fingerprint density at radius 1 is 0.902 bits per heavy atom. The quantitative estimate of drug-likeness (QED) is 0.301. The Bertz CT molecular complexity index is 1330. The van der Waals surface area contributed by atoms with Crippen LogP contribution in [0.1, 0.15) is 69.8 Å². The molecule has 7 atom stereocenters. The van der Waals surface area contributed by atoms with Crippen molar-refractivity contribution < 1.29 is 38.4 Å². The predicted molar refractivity (Wildman–Crippen MR) is 151 cm³/mol. The van der Waals surface area contributed by atoms with E-state index < -0.39 is 64.4 Å². The molecule has 0 radical (unpaired) electrons. The normalized spacial score (nSPS) is 35.4. The second kappa shape index (κ2) is 10.4. The molecule has 218 valence electrons. The highest BCUT2D eigenvalue weighted by Gasteiger charge is 2.82. The molecule has 5 rings (SSSR count). The maximum absolute atomic E-state index is 13.4. The number of carbonyl (C=O) groups excluding carboxylic acids is 3.